The Labute approximate surface area is 174 Å². The van der Waals surface area contributed by atoms with E-state index in [0.29, 0.717) is 35.6 Å². The average molecular weight is 407 g/mol. The zero-order chi connectivity index (χ0) is 20.9. The molecule has 0 saturated heterocycles. The van der Waals surface area contributed by atoms with E-state index < -0.39 is 0 Å². The largest absolute Gasteiger partial charge is 0.493 e. The number of anilines is 1. The highest BCUT2D eigenvalue weighted by atomic mass is 16.5. The molecule has 0 fully saturated rings. The number of ether oxygens (including phenoxy) is 2. The van der Waals surface area contributed by atoms with Gasteiger partial charge in [-0.25, -0.2) is 9.97 Å². The molecule has 0 radical (unpaired) electrons. The molecule has 8 heteroatoms. The van der Waals surface area contributed by atoms with Gasteiger partial charge in [0, 0.05) is 18.3 Å². The number of nitrogens with one attached hydrogen (secondary N) is 1. The lowest BCUT2D eigenvalue weighted by Gasteiger charge is -2.12. The van der Waals surface area contributed by atoms with Crippen LogP contribution >= 0.6 is 0 Å². The van der Waals surface area contributed by atoms with E-state index in [0.717, 1.165) is 36.2 Å². The third kappa shape index (κ3) is 4.07. The van der Waals surface area contributed by atoms with Crippen molar-refractivity contribution in [2.45, 2.75) is 32.7 Å². The maximum Gasteiger partial charge on any atom is 0.226 e. The van der Waals surface area contributed by atoms with Gasteiger partial charge >= 0.3 is 0 Å². The third-order valence-electron chi connectivity index (χ3n) is 4.80. The molecule has 1 aromatic carbocycles. The van der Waals surface area contributed by atoms with Gasteiger partial charge in [-0.15, -0.1) is 5.10 Å². The van der Waals surface area contributed by atoms with Crippen molar-refractivity contribution in [3.8, 4) is 23.1 Å². The van der Waals surface area contributed by atoms with Gasteiger partial charge in [-0.1, -0.05) is 19.4 Å². The van der Waals surface area contributed by atoms with Crippen LogP contribution < -0.4 is 14.8 Å². The zero-order valence-corrected chi connectivity index (χ0v) is 17.4. The minimum absolute atomic E-state index is 0.531. The van der Waals surface area contributed by atoms with Gasteiger partial charge in [0.2, 0.25) is 11.8 Å². The number of aromatic nitrogens is 4. The molecule has 0 aliphatic rings. The second-order valence-corrected chi connectivity index (χ2v) is 6.90. The Kier molecular flexibility index (Phi) is 5.83. The molecule has 0 saturated carbocycles. The summed E-state index contributed by atoms with van der Waals surface area (Å²) in [5.74, 6) is 3.18. The Hall–Kier alpha value is -3.55. The summed E-state index contributed by atoms with van der Waals surface area (Å²) in [5, 5.41) is 7.98. The van der Waals surface area contributed by atoms with Crippen LogP contribution in [0.15, 0.2) is 47.1 Å². The summed E-state index contributed by atoms with van der Waals surface area (Å²) < 4.78 is 17.9. The predicted molar refractivity (Wildman–Crippen MR) is 114 cm³/mol. The van der Waals surface area contributed by atoms with Crippen molar-refractivity contribution in [2.75, 3.05) is 19.5 Å². The highest BCUT2D eigenvalue weighted by Crippen LogP contribution is 2.28. The normalized spacial score (nSPS) is 11.0. The molecule has 3 heterocycles. The van der Waals surface area contributed by atoms with Gasteiger partial charge in [-0.05, 0) is 42.7 Å². The van der Waals surface area contributed by atoms with Crippen LogP contribution in [-0.4, -0.2) is 33.8 Å². The molecule has 8 nitrogen and oxygen atoms in total. The number of benzene rings is 1. The van der Waals surface area contributed by atoms with E-state index in [1.165, 1.54) is 0 Å². The van der Waals surface area contributed by atoms with Crippen molar-refractivity contribution in [2.24, 2.45) is 0 Å². The van der Waals surface area contributed by atoms with Crippen molar-refractivity contribution in [3.63, 3.8) is 0 Å². The second kappa shape index (κ2) is 8.86. The quantitative estimate of drug-likeness (QED) is 0.441. The summed E-state index contributed by atoms with van der Waals surface area (Å²) >= 11 is 0. The summed E-state index contributed by atoms with van der Waals surface area (Å²) in [4.78, 5) is 9.42. The Bertz CT molecular complexity index is 1120. The molecule has 0 aliphatic heterocycles. The Morgan fingerprint density at radius 1 is 1.07 bits per heavy atom. The molecule has 156 valence electrons. The summed E-state index contributed by atoms with van der Waals surface area (Å²) in [6.07, 6.45) is 4.67. The van der Waals surface area contributed by atoms with Gasteiger partial charge < -0.3 is 19.2 Å². The number of rotatable bonds is 9. The van der Waals surface area contributed by atoms with Crippen molar-refractivity contribution in [1.82, 2.24) is 19.6 Å². The molecule has 0 aliphatic carbocycles. The lowest BCUT2D eigenvalue weighted by molar-refractivity contribution is 0.354. The molecule has 0 atom stereocenters. The van der Waals surface area contributed by atoms with Crippen LogP contribution in [0, 0.1) is 0 Å². The van der Waals surface area contributed by atoms with Gasteiger partial charge in [0.15, 0.2) is 22.9 Å². The monoisotopic (exact) mass is 407 g/mol. The first-order valence-corrected chi connectivity index (χ1v) is 9.97. The smallest absolute Gasteiger partial charge is 0.226 e. The molecular formula is C22H25N5O3. The number of nitrogens with zero attached hydrogens (tertiary/aromatic N) is 4. The fourth-order valence-electron chi connectivity index (χ4n) is 3.22. The molecule has 0 amide bonds. The number of hydrogen-bond donors (Lipinski definition) is 1. The Morgan fingerprint density at radius 3 is 2.67 bits per heavy atom. The average Bonchev–Trinajstić information content (AvgIpc) is 3.45. The van der Waals surface area contributed by atoms with Crippen LogP contribution in [0.4, 0.5) is 5.95 Å². The van der Waals surface area contributed by atoms with Crippen LogP contribution in [0.2, 0.25) is 0 Å². The van der Waals surface area contributed by atoms with E-state index in [-0.39, 0.29) is 0 Å². The topological polar surface area (TPSA) is 86.7 Å². The van der Waals surface area contributed by atoms with Gasteiger partial charge in [0.1, 0.15) is 0 Å². The number of fused-ring (bicyclic) bond motifs is 1. The van der Waals surface area contributed by atoms with E-state index in [9.17, 15) is 0 Å². The first-order chi connectivity index (χ1) is 14.7. The Morgan fingerprint density at radius 2 is 1.93 bits per heavy atom. The van der Waals surface area contributed by atoms with Crippen LogP contribution in [0.1, 0.15) is 31.0 Å². The second-order valence-electron chi connectivity index (χ2n) is 6.90. The van der Waals surface area contributed by atoms with E-state index >= 15 is 0 Å². The van der Waals surface area contributed by atoms with Gasteiger partial charge in [-0.2, -0.15) is 4.52 Å². The lowest BCUT2D eigenvalue weighted by atomic mass is 10.2. The summed E-state index contributed by atoms with van der Waals surface area (Å²) in [6, 6.07) is 11.5. The standard InChI is InChI=1S/C22H25N5O3/c1-4-5-7-16-13-20-25-21(18-8-6-11-30-18)26-27(20)22(24-16)23-14-15-9-10-17(28-2)19(12-15)29-3/h6,8-13H,4-5,7,14H2,1-3H3,(H,23,24). The predicted octanol–water partition coefficient (Wildman–Crippen LogP) is 4.36. The highest BCUT2D eigenvalue weighted by molar-refractivity contribution is 5.55. The molecular weight excluding hydrogens is 382 g/mol. The molecule has 3 aromatic heterocycles. The maximum atomic E-state index is 5.46. The van der Waals surface area contributed by atoms with Crippen molar-refractivity contribution >= 4 is 11.6 Å². The lowest BCUT2D eigenvalue weighted by Crippen LogP contribution is -2.09. The number of furan rings is 1. The molecule has 30 heavy (non-hydrogen) atoms. The van der Waals surface area contributed by atoms with Crippen LogP contribution in [0.5, 0.6) is 11.5 Å². The number of unbranched alkanes of at least 4 members (excludes halogenated alkanes) is 1. The molecule has 0 unspecified atom stereocenters. The van der Waals surface area contributed by atoms with E-state index in [1.807, 2.05) is 36.4 Å². The van der Waals surface area contributed by atoms with Crippen molar-refractivity contribution < 1.29 is 13.9 Å². The SMILES string of the molecule is CCCCc1cc2nc(-c3ccco3)nn2c(NCc2ccc(OC)c(OC)c2)n1. The van der Waals surface area contributed by atoms with Crippen molar-refractivity contribution in [3.05, 3.63) is 53.9 Å². The fourth-order valence-corrected chi connectivity index (χ4v) is 3.22. The minimum atomic E-state index is 0.531. The van der Waals surface area contributed by atoms with E-state index in [2.05, 4.69) is 22.3 Å². The first-order valence-electron chi connectivity index (χ1n) is 9.97. The van der Waals surface area contributed by atoms with Gasteiger partial charge in [0.05, 0.1) is 20.5 Å². The van der Waals surface area contributed by atoms with Crippen LogP contribution in [0.3, 0.4) is 0 Å². The van der Waals surface area contributed by atoms with Crippen LogP contribution in [0.25, 0.3) is 17.2 Å². The highest BCUT2D eigenvalue weighted by Gasteiger charge is 2.14. The van der Waals surface area contributed by atoms with E-state index in [4.69, 9.17) is 18.9 Å². The summed E-state index contributed by atoms with van der Waals surface area (Å²) in [7, 11) is 3.25. The summed E-state index contributed by atoms with van der Waals surface area (Å²) in [6.45, 7) is 2.72. The molecule has 4 aromatic rings. The maximum absolute atomic E-state index is 5.46. The third-order valence-corrected chi connectivity index (χ3v) is 4.80. The molecule has 0 bridgehead atoms. The van der Waals surface area contributed by atoms with Crippen molar-refractivity contribution in [1.29, 1.82) is 0 Å². The number of aryl methyl sites for hydroxylation is 1. The number of methoxy groups -OCH3 is 2. The Balaban J connectivity index is 1.65. The zero-order valence-electron chi connectivity index (χ0n) is 17.4. The fraction of sp³-hybridized carbons (Fsp3) is 0.318. The minimum Gasteiger partial charge on any atom is -0.493 e. The molecule has 4 rings (SSSR count). The van der Waals surface area contributed by atoms with Gasteiger partial charge in [0.25, 0.3) is 0 Å². The number of hydrogen-bond acceptors (Lipinski definition) is 7. The van der Waals surface area contributed by atoms with E-state index in [1.54, 1.807) is 25.0 Å². The molecule has 0 spiro atoms. The van der Waals surface area contributed by atoms with Gasteiger partial charge in [-0.3, -0.25) is 0 Å². The summed E-state index contributed by atoms with van der Waals surface area (Å²) in [5.41, 5.74) is 2.75. The first kappa shape index (κ1) is 19.8. The molecule has 1 N–H and O–H groups in total. The van der Waals surface area contributed by atoms with Crippen LogP contribution in [-0.2, 0) is 13.0 Å².